The summed E-state index contributed by atoms with van der Waals surface area (Å²) in [5, 5.41) is 5.61. The smallest absolute Gasteiger partial charge is 0.238 e. The Morgan fingerprint density at radius 3 is 2.10 bits per heavy atom. The molecule has 31 heavy (non-hydrogen) atoms. The average Bonchev–Trinajstić information content (AvgIpc) is 2.76. The number of ether oxygens (including phenoxy) is 4. The molecule has 0 aromatic heterocycles. The topological polar surface area (TPSA) is 98.4 Å². The molecule has 0 unspecified atom stereocenters. The summed E-state index contributed by atoms with van der Waals surface area (Å²) in [6.45, 7) is 0.407. The second-order valence-electron chi connectivity index (χ2n) is 6.76. The lowest BCUT2D eigenvalue weighted by Gasteiger charge is -2.17. The van der Waals surface area contributed by atoms with Crippen molar-refractivity contribution in [1.29, 1.82) is 0 Å². The van der Waals surface area contributed by atoms with Gasteiger partial charge in [0.1, 0.15) is 5.75 Å². The highest BCUT2D eigenvalue weighted by molar-refractivity contribution is 5.92. The molecule has 0 saturated heterocycles. The molecule has 2 aromatic carbocycles. The van der Waals surface area contributed by atoms with Crippen LogP contribution in [-0.2, 0) is 16.1 Å². The summed E-state index contributed by atoms with van der Waals surface area (Å²) in [6, 6.07) is 10.6. The van der Waals surface area contributed by atoms with Crippen molar-refractivity contribution in [3.05, 3.63) is 42.0 Å². The molecule has 2 amide bonds. The quantitative estimate of drug-likeness (QED) is 0.561. The van der Waals surface area contributed by atoms with Crippen LogP contribution < -0.4 is 29.6 Å². The van der Waals surface area contributed by atoms with Crippen molar-refractivity contribution in [2.45, 2.75) is 6.54 Å². The van der Waals surface area contributed by atoms with Crippen molar-refractivity contribution in [3.63, 3.8) is 0 Å². The number of carbonyl (C=O) groups excluding carboxylic acids is 2. The summed E-state index contributed by atoms with van der Waals surface area (Å²) in [5.74, 6) is 1.72. The number of methoxy groups -OCH3 is 4. The van der Waals surface area contributed by atoms with Crippen molar-refractivity contribution in [1.82, 2.24) is 10.2 Å². The van der Waals surface area contributed by atoms with E-state index in [2.05, 4.69) is 10.6 Å². The fraction of sp³-hybridized carbons (Fsp3) is 0.364. The Kier molecular flexibility index (Phi) is 8.95. The molecule has 9 heteroatoms. The molecular formula is C22H29N3O6. The maximum atomic E-state index is 12.3. The van der Waals surface area contributed by atoms with Crippen molar-refractivity contribution < 1.29 is 28.5 Å². The minimum absolute atomic E-state index is 0.0643. The van der Waals surface area contributed by atoms with Gasteiger partial charge in [-0.2, -0.15) is 0 Å². The lowest BCUT2D eigenvalue weighted by atomic mass is 10.1. The first-order valence-electron chi connectivity index (χ1n) is 9.58. The van der Waals surface area contributed by atoms with Gasteiger partial charge in [0.15, 0.2) is 11.5 Å². The molecule has 0 spiro atoms. The van der Waals surface area contributed by atoms with Gasteiger partial charge in [-0.1, -0.05) is 6.07 Å². The molecule has 2 N–H and O–H groups in total. The Bertz CT molecular complexity index is 878. The van der Waals surface area contributed by atoms with Gasteiger partial charge < -0.3 is 29.6 Å². The number of amides is 2. The van der Waals surface area contributed by atoms with Crippen molar-refractivity contribution in [3.8, 4) is 23.0 Å². The van der Waals surface area contributed by atoms with E-state index in [1.54, 1.807) is 55.5 Å². The number of carbonyl (C=O) groups is 2. The van der Waals surface area contributed by atoms with Gasteiger partial charge >= 0.3 is 0 Å². The molecule has 0 aliphatic carbocycles. The lowest BCUT2D eigenvalue weighted by molar-refractivity contribution is -0.123. The van der Waals surface area contributed by atoms with E-state index in [0.29, 0.717) is 28.7 Å². The van der Waals surface area contributed by atoms with Crippen LogP contribution in [0, 0.1) is 0 Å². The average molecular weight is 431 g/mol. The largest absolute Gasteiger partial charge is 0.497 e. The van der Waals surface area contributed by atoms with Gasteiger partial charge in [0.25, 0.3) is 0 Å². The Morgan fingerprint density at radius 1 is 0.871 bits per heavy atom. The standard InChI is InChI=1S/C22H29N3O6/c1-25(14-21(27)24-16-7-6-8-17(11-16)28-2)13-20(26)23-12-15-9-18(29-3)22(31-5)19(10-15)30-4/h6-11H,12-14H2,1-5H3,(H,23,26)(H,24,27). The highest BCUT2D eigenvalue weighted by Gasteiger charge is 2.15. The van der Waals surface area contributed by atoms with Gasteiger partial charge in [0.2, 0.25) is 17.6 Å². The second kappa shape index (κ2) is 11.7. The van der Waals surface area contributed by atoms with Gasteiger partial charge in [-0.25, -0.2) is 0 Å². The molecule has 2 aromatic rings. The first-order chi connectivity index (χ1) is 14.9. The first kappa shape index (κ1) is 23.8. The maximum Gasteiger partial charge on any atom is 0.238 e. The summed E-state index contributed by atoms with van der Waals surface area (Å²) >= 11 is 0. The predicted molar refractivity (Wildman–Crippen MR) is 117 cm³/mol. The third kappa shape index (κ3) is 7.07. The molecule has 0 bridgehead atoms. The molecule has 0 heterocycles. The Balaban J connectivity index is 1.86. The maximum absolute atomic E-state index is 12.3. The fourth-order valence-electron chi connectivity index (χ4n) is 2.94. The molecule has 0 aliphatic heterocycles. The van der Waals surface area contributed by atoms with E-state index in [1.165, 1.54) is 21.3 Å². The van der Waals surface area contributed by atoms with E-state index in [9.17, 15) is 9.59 Å². The summed E-state index contributed by atoms with van der Waals surface area (Å²) in [4.78, 5) is 26.1. The van der Waals surface area contributed by atoms with Crippen LogP contribution in [0.5, 0.6) is 23.0 Å². The van der Waals surface area contributed by atoms with E-state index in [-0.39, 0.29) is 31.4 Å². The molecule has 168 valence electrons. The molecule has 9 nitrogen and oxygen atoms in total. The highest BCUT2D eigenvalue weighted by Crippen LogP contribution is 2.38. The van der Waals surface area contributed by atoms with Crippen LogP contribution in [0.15, 0.2) is 36.4 Å². The summed E-state index contributed by atoms with van der Waals surface area (Å²) in [6.07, 6.45) is 0. The minimum Gasteiger partial charge on any atom is -0.497 e. The number of anilines is 1. The normalized spacial score (nSPS) is 10.4. The van der Waals surface area contributed by atoms with Crippen LogP contribution >= 0.6 is 0 Å². The van der Waals surface area contributed by atoms with E-state index in [4.69, 9.17) is 18.9 Å². The van der Waals surface area contributed by atoms with Crippen LogP contribution in [0.2, 0.25) is 0 Å². The summed E-state index contributed by atoms with van der Waals surface area (Å²) < 4.78 is 21.1. The number of nitrogens with zero attached hydrogens (tertiary/aromatic N) is 1. The summed E-state index contributed by atoms with van der Waals surface area (Å²) in [5.41, 5.74) is 1.42. The van der Waals surface area contributed by atoms with Crippen LogP contribution in [-0.4, -0.2) is 65.3 Å². The molecule has 0 aliphatic rings. The van der Waals surface area contributed by atoms with Gasteiger partial charge in [-0.15, -0.1) is 0 Å². The fourth-order valence-corrected chi connectivity index (χ4v) is 2.94. The van der Waals surface area contributed by atoms with Gasteiger partial charge in [0, 0.05) is 18.3 Å². The second-order valence-corrected chi connectivity index (χ2v) is 6.76. The number of nitrogens with one attached hydrogen (secondary N) is 2. The van der Waals surface area contributed by atoms with Crippen molar-refractivity contribution in [2.75, 3.05) is 53.9 Å². The highest BCUT2D eigenvalue weighted by atomic mass is 16.5. The zero-order valence-corrected chi connectivity index (χ0v) is 18.5. The molecule has 0 fully saturated rings. The molecule has 2 rings (SSSR count). The van der Waals surface area contributed by atoms with E-state index in [0.717, 1.165) is 5.56 Å². The monoisotopic (exact) mass is 431 g/mol. The molecule has 0 atom stereocenters. The van der Waals surface area contributed by atoms with Gasteiger partial charge in [-0.05, 0) is 36.9 Å². The Hall–Kier alpha value is -3.46. The van der Waals surface area contributed by atoms with Gasteiger partial charge in [0.05, 0.1) is 41.5 Å². The Labute approximate surface area is 182 Å². The zero-order valence-electron chi connectivity index (χ0n) is 18.5. The number of rotatable bonds is 11. The van der Waals surface area contributed by atoms with E-state index in [1.807, 2.05) is 0 Å². The summed E-state index contributed by atoms with van der Waals surface area (Å²) in [7, 11) is 7.86. The number of hydrogen-bond acceptors (Lipinski definition) is 7. The van der Waals surface area contributed by atoms with E-state index < -0.39 is 0 Å². The Morgan fingerprint density at radius 2 is 1.52 bits per heavy atom. The van der Waals surface area contributed by atoms with Crippen LogP contribution in [0.3, 0.4) is 0 Å². The molecule has 0 radical (unpaired) electrons. The minimum atomic E-state index is -0.229. The van der Waals surface area contributed by atoms with Crippen LogP contribution in [0.1, 0.15) is 5.56 Å². The van der Waals surface area contributed by atoms with Crippen LogP contribution in [0.25, 0.3) is 0 Å². The SMILES string of the molecule is COc1cccc(NC(=O)CN(C)CC(=O)NCc2cc(OC)c(OC)c(OC)c2)c1. The third-order valence-electron chi connectivity index (χ3n) is 4.39. The van der Waals surface area contributed by atoms with E-state index >= 15 is 0 Å². The number of likely N-dealkylation sites (N-methyl/N-ethyl adjacent to an activating group) is 1. The molecular weight excluding hydrogens is 402 g/mol. The first-order valence-corrected chi connectivity index (χ1v) is 9.58. The van der Waals surface area contributed by atoms with Crippen molar-refractivity contribution >= 4 is 17.5 Å². The van der Waals surface area contributed by atoms with Crippen LogP contribution in [0.4, 0.5) is 5.69 Å². The molecule has 0 saturated carbocycles. The lowest BCUT2D eigenvalue weighted by Crippen LogP contribution is -2.38. The number of hydrogen-bond donors (Lipinski definition) is 2. The van der Waals surface area contributed by atoms with Gasteiger partial charge in [-0.3, -0.25) is 14.5 Å². The zero-order chi connectivity index (χ0) is 22.8. The van der Waals surface area contributed by atoms with Crippen molar-refractivity contribution in [2.24, 2.45) is 0 Å². The predicted octanol–water partition coefficient (Wildman–Crippen LogP) is 1.91. The number of benzene rings is 2. The third-order valence-corrected chi connectivity index (χ3v) is 4.39.